The van der Waals surface area contributed by atoms with E-state index in [1.807, 2.05) is 42.5 Å². The second-order valence-corrected chi connectivity index (χ2v) is 5.84. The Morgan fingerprint density at radius 2 is 1.81 bits per heavy atom. The average molecular weight is 321 g/mol. The van der Waals surface area contributed by atoms with Crippen molar-refractivity contribution >= 4 is 28.5 Å². The molecule has 0 amide bonds. The van der Waals surface area contributed by atoms with Crippen molar-refractivity contribution in [2.75, 3.05) is 12.4 Å². The number of halogens is 1. The number of hydrogen-bond donors (Lipinski definition) is 1. The van der Waals surface area contributed by atoms with E-state index < -0.39 is 0 Å². The van der Waals surface area contributed by atoms with Crippen LogP contribution in [0.5, 0.6) is 5.75 Å². The summed E-state index contributed by atoms with van der Waals surface area (Å²) in [4.78, 5) is 4.33. The zero-order valence-corrected chi connectivity index (χ0v) is 13.1. The molecular weight excluding hydrogens is 304 g/mol. The number of benzene rings is 2. The molecule has 0 fully saturated rings. The van der Waals surface area contributed by atoms with Gasteiger partial charge in [0.2, 0.25) is 0 Å². The minimum absolute atomic E-state index is 0.577. The predicted molar refractivity (Wildman–Crippen MR) is 91.2 cm³/mol. The van der Waals surface area contributed by atoms with E-state index in [2.05, 4.69) is 4.99 Å². The monoisotopic (exact) mass is 320 g/mol. The summed E-state index contributed by atoms with van der Waals surface area (Å²) in [6, 6.07) is 17.3. The molecule has 0 aliphatic heterocycles. The van der Waals surface area contributed by atoms with Gasteiger partial charge in [0, 0.05) is 10.8 Å². The van der Waals surface area contributed by atoms with Gasteiger partial charge in [0.15, 0.2) is 5.17 Å². The molecule has 5 heteroatoms. The molecule has 2 rings (SSSR count). The molecular formula is C16H17ClN2OS. The van der Waals surface area contributed by atoms with Gasteiger partial charge in [-0.15, -0.1) is 0 Å². The van der Waals surface area contributed by atoms with Crippen molar-refractivity contribution in [2.45, 2.75) is 6.54 Å². The van der Waals surface area contributed by atoms with Crippen molar-refractivity contribution in [3.63, 3.8) is 0 Å². The standard InChI is InChI=1S/C16H17ClN2OS/c17-14-6-8-15(9-7-14)20-10-11-21-16(18)19-12-13-4-2-1-3-5-13/h1-9H,10-12H2,(H2,18,19). The third-order valence-corrected chi connectivity index (χ3v) is 3.72. The number of thioether (sulfide) groups is 1. The Bertz CT molecular complexity index is 573. The number of ether oxygens (including phenoxy) is 1. The van der Waals surface area contributed by atoms with Crippen molar-refractivity contribution in [2.24, 2.45) is 10.7 Å². The molecule has 0 bridgehead atoms. The molecule has 110 valence electrons. The first-order valence-corrected chi connectivity index (χ1v) is 7.95. The molecule has 0 atom stereocenters. The Hall–Kier alpha value is -1.65. The van der Waals surface area contributed by atoms with E-state index in [-0.39, 0.29) is 0 Å². The molecule has 21 heavy (non-hydrogen) atoms. The predicted octanol–water partition coefficient (Wildman–Crippen LogP) is 3.97. The van der Waals surface area contributed by atoms with E-state index in [0.29, 0.717) is 23.3 Å². The molecule has 3 nitrogen and oxygen atoms in total. The first-order valence-electron chi connectivity index (χ1n) is 6.59. The third kappa shape index (κ3) is 6.10. The quantitative estimate of drug-likeness (QED) is 0.498. The van der Waals surface area contributed by atoms with Crippen molar-refractivity contribution < 1.29 is 4.74 Å². The molecule has 0 saturated heterocycles. The van der Waals surface area contributed by atoms with Crippen LogP contribution in [0.3, 0.4) is 0 Å². The zero-order chi connectivity index (χ0) is 14.9. The first-order chi connectivity index (χ1) is 10.2. The molecule has 2 aromatic rings. The highest BCUT2D eigenvalue weighted by Crippen LogP contribution is 2.15. The van der Waals surface area contributed by atoms with E-state index in [0.717, 1.165) is 17.1 Å². The maximum absolute atomic E-state index is 5.86. The second-order valence-electron chi connectivity index (χ2n) is 4.29. The molecule has 0 spiro atoms. The smallest absolute Gasteiger partial charge is 0.154 e. The van der Waals surface area contributed by atoms with Gasteiger partial charge in [0.05, 0.1) is 13.2 Å². The highest BCUT2D eigenvalue weighted by atomic mass is 35.5. The van der Waals surface area contributed by atoms with Gasteiger partial charge in [-0.2, -0.15) is 0 Å². The minimum atomic E-state index is 0.577. The molecule has 0 radical (unpaired) electrons. The fraction of sp³-hybridized carbons (Fsp3) is 0.188. The lowest BCUT2D eigenvalue weighted by molar-refractivity contribution is 0.344. The Kier molecular flexibility index (Phi) is 6.44. The van der Waals surface area contributed by atoms with Crippen molar-refractivity contribution in [3.05, 3.63) is 65.2 Å². The summed E-state index contributed by atoms with van der Waals surface area (Å²) in [5, 5.41) is 1.28. The van der Waals surface area contributed by atoms with Crippen molar-refractivity contribution in [3.8, 4) is 5.75 Å². The SMILES string of the molecule is NC(=NCc1ccccc1)SCCOc1ccc(Cl)cc1. The van der Waals surface area contributed by atoms with Gasteiger partial charge < -0.3 is 10.5 Å². The molecule has 0 aliphatic carbocycles. The number of nitrogens with zero attached hydrogens (tertiary/aromatic N) is 1. The number of hydrogen-bond acceptors (Lipinski definition) is 3. The molecule has 0 saturated carbocycles. The van der Waals surface area contributed by atoms with Gasteiger partial charge in [0.25, 0.3) is 0 Å². The summed E-state index contributed by atoms with van der Waals surface area (Å²) in [5.74, 6) is 1.56. The lowest BCUT2D eigenvalue weighted by atomic mass is 10.2. The number of aliphatic imine (C=N–C) groups is 1. The van der Waals surface area contributed by atoms with Crippen LogP contribution in [0.15, 0.2) is 59.6 Å². The Morgan fingerprint density at radius 3 is 2.52 bits per heavy atom. The molecule has 2 N–H and O–H groups in total. The zero-order valence-electron chi connectivity index (χ0n) is 11.5. The van der Waals surface area contributed by atoms with Crippen LogP contribution >= 0.6 is 23.4 Å². The average Bonchev–Trinajstić information content (AvgIpc) is 2.52. The number of amidine groups is 1. The summed E-state index contributed by atoms with van der Waals surface area (Å²) in [6.07, 6.45) is 0. The molecule has 0 unspecified atom stereocenters. The van der Waals surface area contributed by atoms with E-state index >= 15 is 0 Å². The summed E-state index contributed by atoms with van der Waals surface area (Å²) < 4.78 is 5.58. The summed E-state index contributed by atoms with van der Waals surface area (Å²) in [7, 11) is 0. The van der Waals surface area contributed by atoms with Crippen LogP contribution in [0, 0.1) is 0 Å². The molecule has 0 heterocycles. The second kappa shape index (κ2) is 8.60. The molecule has 0 aromatic heterocycles. The van der Waals surface area contributed by atoms with Crippen LogP contribution in [0.1, 0.15) is 5.56 Å². The van der Waals surface area contributed by atoms with Crippen LogP contribution in [-0.4, -0.2) is 17.5 Å². The van der Waals surface area contributed by atoms with Gasteiger partial charge >= 0.3 is 0 Å². The van der Waals surface area contributed by atoms with E-state index in [1.165, 1.54) is 11.8 Å². The maximum atomic E-state index is 5.86. The number of rotatable bonds is 6. The largest absolute Gasteiger partial charge is 0.493 e. The van der Waals surface area contributed by atoms with Gasteiger partial charge in [-0.25, -0.2) is 0 Å². The van der Waals surface area contributed by atoms with E-state index in [9.17, 15) is 0 Å². The lowest BCUT2D eigenvalue weighted by Gasteiger charge is -2.06. The van der Waals surface area contributed by atoms with Crippen LogP contribution in [0.25, 0.3) is 0 Å². The fourth-order valence-electron chi connectivity index (χ4n) is 1.63. The van der Waals surface area contributed by atoms with Gasteiger partial charge in [-0.3, -0.25) is 4.99 Å². The molecule has 2 aromatic carbocycles. The van der Waals surface area contributed by atoms with Crippen LogP contribution in [0.4, 0.5) is 0 Å². The first kappa shape index (κ1) is 15.7. The third-order valence-electron chi connectivity index (χ3n) is 2.68. The van der Waals surface area contributed by atoms with Crippen LogP contribution in [0.2, 0.25) is 5.02 Å². The van der Waals surface area contributed by atoms with Crippen LogP contribution < -0.4 is 10.5 Å². The Morgan fingerprint density at radius 1 is 1.10 bits per heavy atom. The molecule has 0 aliphatic rings. The van der Waals surface area contributed by atoms with Gasteiger partial charge in [-0.1, -0.05) is 53.7 Å². The van der Waals surface area contributed by atoms with Crippen molar-refractivity contribution in [1.29, 1.82) is 0 Å². The Balaban J connectivity index is 1.67. The Labute approximate surface area is 134 Å². The number of nitrogens with two attached hydrogens (primary N) is 1. The minimum Gasteiger partial charge on any atom is -0.493 e. The maximum Gasteiger partial charge on any atom is 0.154 e. The van der Waals surface area contributed by atoms with Gasteiger partial charge in [0.1, 0.15) is 5.75 Å². The highest BCUT2D eigenvalue weighted by Gasteiger charge is 1.97. The van der Waals surface area contributed by atoms with E-state index in [1.54, 1.807) is 12.1 Å². The highest BCUT2D eigenvalue weighted by molar-refractivity contribution is 8.13. The summed E-state index contributed by atoms with van der Waals surface area (Å²) in [6.45, 7) is 1.19. The lowest BCUT2D eigenvalue weighted by Crippen LogP contribution is -2.10. The fourth-order valence-corrected chi connectivity index (χ4v) is 2.29. The van der Waals surface area contributed by atoms with Crippen molar-refractivity contribution in [1.82, 2.24) is 0 Å². The summed E-state index contributed by atoms with van der Waals surface area (Å²) in [5.41, 5.74) is 7.01. The van der Waals surface area contributed by atoms with Gasteiger partial charge in [-0.05, 0) is 29.8 Å². The van der Waals surface area contributed by atoms with E-state index in [4.69, 9.17) is 22.1 Å². The summed E-state index contributed by atoms with van der Waals surface area (Å²) >= 11 is 7.30. The topological polar surface area (TPSA) is 47.6 Å². The van der Waals surface area contributed by atoms with Crippen LogP contribution in [-0.2, 0) is 6.54 Å². The normalized spacial score (nSPS) is 11.4.